The van der Waals surface area contributed by atoms with E-state index in [0.717, 1.165) is 5.56 Å². The van der Waals surface area contributed by atoms with E-state index < -0.39 is 18.0 Å². The molecule has 2 N–H and O–H groups in total. The van der Waals surface area contributed by atoms with Crippen LogP contribution in [0.5, 0.6) is 0 Å². The Morgan fingerprint density at radius 2 is 1.90 bits per heavy atom. The van der Waals surface area contributed by atoms with Crippen molar-refractivity contribution >= 4 is 11.9 Å². The van der Waals surface area contributed by atoms with E-state index >= 15 is 0 Å². The van der Waals surface area contributed by atoms with Crippen LogP contribution >= 0.6 is 0 Å². The van der Waals surface area contributed by atoms with E-state index in [2.05, 4.69) is 5.32 Å². The van der Waals surface area contributed by atoms with Crippen molar-refractivity contribution in [1.29, 1.82) is 0 Å². The third-order valence-corrected chi connectivity index (χ3v) is 2.74. The summed E-state index contributed by atoms with van der Waals surface area (Å²) in [5, 5.41) is 11.7. The van der Waals surface area contributed by atoms with Gasteiger partial charge in [0.1, 0.15) is 12.6 Å². The molecule has 0 amide bonds. The van der Waals surface area contributed by atoms with Crippen molar-refractivity contribution in [2.45, 2.75) is 32.9 Å². The monoisotopic (exact) mass is 279 g/mol. The number of carboxylic acid groups (broad SMARTS) is 1. The van der Waals surface area contributed by atoms with Crippen molar-refractivity contribution in [2.24, 2.45) is 5.92 Å². The van der Waals surface area contributed by atoms with Crippen molar-refractivity contribution in [3.05, 3.63) is 35.9 Å². The minimum Gasteiger partial charge on any atom is -0.480 e. The Balaban J connectivity index is 2.32. The topological polar surface area (TPSA) is 75.6 Å². The molecule has 5 nitrogen and oxygen atoms in total. The summed E-state index contributed by atoms with van der Waals surface area (Å²) in [4.78, 5) is 22.6. The standard InChI is InChI=1S/C15H21NO4/c1-11(2)8-13(15(18)19)16-9-14(17)20-10-12-6-4-3-5-7-12/h3-7,11,13,16H,8-10H2,1-2H3,(H,18,19)/t13-/m0/s1. The number of esters is 1. The fourth-order valence-corrected chi connectivity index (χ4v) is 1.74. The molecule has 1 aromatic carbocycles. The first-order valence-electron chi connectivity index (χ1n) is 6.64. The van der Waals surface area contributed by atoms with Crippen LogP contribution in [0.4, 0.5) is 0 Å². The maximum Gasteiger partial charge on any atom is 0.320 e. The molecule has 1 aromatic rings. The van der Waals surface area contributed by atoms with Crippen LogP contribution in [0.1, 0.15) is 25.8 Å². The van der Waals surface area contributed by atoms with Crippen LogP contribution in [-0.2, 0) is 20.9 Å². The molecule has 110 valence electrons. The quantitative estimate of drug-likeness (QED) is 0.710. The summed E-state index contributed by atoms with van der Waals surface area (Å²) in [7, 11) is 0. The Kier molecular flexibility index (Phi) is 6.73. The number of aliphatic carboxylic acids is 1. The SMILES string of the molecule is CC(C)C[C@H](NCC(=O)OCc1ccccc1)C(=O)O. The highest BCUT2D eigenvalue weighted by Crippen LogP contribution is 2.05. The molecule has 0 aliphatic carbocycles. The highest BCUT2D eigenvalue weighted by molar-refractivity contribution is 5.76. The highest BCUT2D eigenvalue weighted by Gasteiger charge is 2.19. The summed E-state index contributed by atoms with van der Waals surface area (Å²) in [5.74, 6) is -1.16. The van der Waals surface area contributed by atoms with E-state index in [1.54, 1.807) is 0 Å². The first kappa shape index (κ1) is 16.2. The van der Waals surface area contributed by atoms with Crippen molar-refractivity contribution in [3.8, 4) is 0 Å². The van der Waals surface area contributed by atoms with Crippen LogP contribution in [0.2, 0.25) is 0 Å². The summed E-state index contributed by atoms with van der Waals surface area (Å²) in [6.07, 6.45) is 0.474. The second-order valence-corrected chi connectivity index (χ2v) is 5.05. The Hall–Kier alpha value is -1.88. The molecular formula is C15H21NO4. The van der Waals surface area contributed by atoms with Crippen molar-refractivity contribution < 1.29 is 19.4 Å². The molecular weight excluding hydrogens is 258 g/mol. The molecule has 5 heteroatoms. The zero-order valence-electron chi connectivity index (χ0n) is 11.8. The van der Waals surface area contributed by atoms with E-state index in [4.69, 9.17) is 9.84 Å². The van der Waals surface area contributed by atoms with Crippen LogP contribution in [-0.4, -0.2) is 29.6 Å². The smallest absolute Gasteiger partial charge is 0.320 e. The van der Waals surface area contributed by atoms with Crippen LogP contribution in [0.25, 0.3) is 0 Å². The number of carbonyl (C=O) groups is 2. The zero-order valence-corrected chi connectivity index (χ0v) is 11.8. The largest absolute Gasteiger partial charge is 0.480 e. The lowest BCUT2D eigenvalue weighted by molar-refractivity contribution is -0.145. The number of nitrogens with one attached hydrogen (secondary N) is 1. The van der Waals surface area contributed by atoms with Crippen LogP contribution in [0, 0.1) is 5.92 Å². The lowest BCUT2D eigenvalue weighted by atomic mass is 10.0. The molecule has 0 unspecified atom stereocenters. The number of hydrogen-bond donors (Lipinski definition) is 2. The Bertz CT molecular complexity index is 431. The van der Waals surface area contributed by atoms with Crippen LogP contribution < -0.4 is 5.32 Å². The molecule has 0 spiro atoms. The Morgan fingerprint density at radius 1 is 1.25 bits per heavy atom. The normalized spacial score (nSPS) is 12.2. The minimum absolute atomic E-state index is 0.101. The molecule has 20 heavy (non-hydrogen) atoms. The summed E-state index contributed by atoms with van der Waals surface area (Å²) < 4.78 is 5.07. The predicted molar refractivity (Wildman–Crippen MR) is 75.1 cm³/mol. The molecule has 1 rings (SSSR count). The van der Waals surface area contributed by atoms with Gasteiger partial charge in [-0.1, -0.05) is 44.2 Å². The third kappa shape index (κ3) is 6.33. The average molecular weight is 279 g/mol. The fraction of sp³-hybridized carbons (Fsp3) is 0.467. The zero-order chi connectivity index (χ0) is 15.0. The van der Waals surface area contributed by atoms with E-state index in [1.165, 1.54) is 0 Å². The molecule has 0 heterocycles. The molecule has 0 saturated carbocycles. The van der Waals surface area contributed by atoms with E-state index in [9.17, 15) is 9.59 Å². The van der Waals surface area contributed by atoms with Gasteiger partial charge in [0.2, 0.25) is 0 Å². The minimum atomic E-state index is -0.949. The first-order valence-corrected chi connectivity index (χ1v) is 6.64. The number of hydrogen-bond acceptors (Lipinski definition) is 4. The maximum absolute atomic E-state index is 11.6. The summed E-state index contributed by atoms with van der Waals surface area (Å²) in [6.45, 7) is 3.97. The number of benzene rings is 1. The first-order chi connectivity index (χ1) is 9.49. The number of rotatable bonds is 8. The molecule has 0 bridgehead atoms. The maximum atomic E-state index is 11.6. The predicted octanol–water partition coefficient (Wildman–Crippen LogP) is 1.82. The lowest BCUT2D eigenvalue weighted by Crippen LogP contribution is -2.41. The van der Waals surface area contributed by atoms with Gasteiger partial charge < -0.3 is 9.84 Å². The van der Waals surface area contributed by atoms with Gasteiger partial charge in [0, 0.05) is 0 Å². The van der Waals surface area contributed by atoms with Gasteiger partial charge in [-0.3, -0.25) is 14.9 Å². The van der Waals surface area contributed by atoms with Crippen LogP contribution in [0.15, 0.2) is 30.3 Å². The lowest BCUT2D eigenvalue weighted by Gasteiger charge is -2.15. The molecule has 0 aromatic heterocycles. The van der Waals surface area contributed by atoms with Gasteiger partial charge in [0.15, 0.2) is 0 Å². The molecule has 1 atom stereocenters. The summed E-state index contributed by atoms with van der Waals surface area (Å²) in [5.41, 5.74) is 0.901. The van der Waals surface area contributed by atoms with Crippen LogP contribution in [0.3, 0.4) is 0 Å². The second-order valence-electron chi connectivity index (χ2n) is 5.05. The van der Waals surface area contributed by atoms with Crippen molar-refractivity contribution in [1.82, 2.24) is 5.32 Å². The number of carbonyl (C=O) groups excluding carboxylic acids is 1. The highest BCUT2D eigenvalue weighted by atomic mass is 16.5. The molecule has 0 fully saturated rings. The van der Waals surface area contributed by atoms with Crippen molar-refractivity contribution in [2.75, 3.05) is 6.54 Å². The Morgan fingerprint density at radius 3 is 2.45 bits per heavy atom. The van der Waals surface area contributed by atoms with Gasteiger partial charge in [0.05, 0.1) is 6.54 Å². The third-order valence-electron chi connectivity index (χ3n) is 2.74. The molecule has 0 aliphatic heterocycles. The molecule has 0 radical (unpaired) electrons. The average Bonchev–Trinajstić information content (AvgIpc) is 2.41. The van der Waals surface area contributed by atoms with Gasteiger partial charge in [-0.25, -0.2) is 0 Å². The molecule has 0 saturated heterocycles. The van der Waals surface area contributed by atoms with Gasteiger partial charge in [-0.05, 0) is 17.9 Å². The van der Waals surface area contributed by atoms with E-state index in [1.807, 2.05) is 44.2 Å². The van der Waals surface area contributed by atoms with Gasteiger partial charge in [0.25, 0.3) is 0 Å². The fourth-order valence-electron chi connectivity index (χ4n) is 1.74. The van der Waals surface area contributed by atoms with E-state index in [-0.39, 0.29) is 19.1 Å². The van der Waals surface area contributed by atoms with Gasteiger partial charge >= 0.3 is 11.9 Å². The van der Waals surface area contributed by atoms with Crippen molar-refractivity contribution in [3.63, 3.8) is 0 Å². The summed E-state index contributed by atoms with van der Waals surface area (Å²) in [6, 6.07) is 8.61. The number of ether oxygens (including phenoxy) is 1. The molecule has 0 aliphatic rings. The Labute approximate surface area is 118 Å². The second kappa shape index (κ2) is 8.32. The van der Waals surface area contributed by atoms with Gasteiger partial charge in [-0.2, -0.15) is 0 Å². The number of carboxylic acids is 1. The summed E-state index contributed by atoms with van der Waals surface area (Å²) >= 11 is 0. The van der Waals surface area contributed by atoms with E-state index in [0.29, 0.717) is 6.42 Å². The van der Waals surface area contributed by atoms with Gasteiger partial charge in [-0.15, -0.1) is 0 Å².